The minimum atomic E-state index is -0.473. The third kappa shape index (κ3) is 6.11. The van der Waals surface area contributed by atoms with Gasteiger partial charge in [-0.25, -0.2) is 9.59 Å². The summed E-state index contributed by atoms with van der Waals surface area (Å²) in [6.07, 6.45) is 1.39. The molecule has 1 aromatic rings. The average molecular weight is 418 g/mol. The SMILES string of the molecule is C[C@H]1CN(C(=O)OC(C)(C)C)CCN1C1CCN(C(=O)OCc2ccccc2)CC1. The second-order valence-corrected chi connectivity index (χ2v) is 9.27. The molecule has 7 nitrogen and oxygen atoms in total. The Hall–Kier alpha value is -2.28. The van der Waals surface area contributed by atoms with Crippen molar-refractivity contribution >= 4 is 12.2 Å². The lowest BCUT2D eigenvalue weighted by Gasteiger charge is -2.46. The molecule has 0 aliphatic carbocycles. The van der Waals surface area contributed by atoms with Crippen LogP contribution < -0.4 is 0 Å². The van der Waals surface area contributed by atoms with E-state index in [0.29, 0.717) is 38.8 Å². The van der Waals surface area contributed by atoms with Crippen molar-refractivity contribution in [2.45, 2.75) is 64.8 Å². The number of hydrogen-bond acceptors (Lipinski definition) is 5. The first-order chi connectivity index (χ1) is 14.2. The van der Waals surface area contributed by atoms with Crippen LogP contribution in [0, 0.1) is 0 Å². The van der Waals surface area contributed by atoms with Gasteiger partial charge >= 0.3 is 12.2 Å². The Morgan fingerprint density at radius 3 is 2.23 bits per heavy atom. The van der Waals surface area contributed by atoms with E-state index in [4.69, 9.17) is 9.47 Å². The molecule has 2 heterocycles. The Morgan fingerprint density at radius 2 is 1.63 bits per heavy atom. The van der Waals surface area contributed by atoms with E-state index in [0.717, 1.165) is 24.9 Å². The monoisotopic (exact) mass is 417 g/mol. The zero-order valence-corrected chi connectivity index (χ0v) is 18.7. The third-order valence-electron chi connectivity index (χ3n) is 5.73. The van der Waals surface area contributed by atoms with Gasteiger partial charge in [0, 0.05) is 44.8 Å². The summed E-state index contributed by atoms with van der Waals surface area (Å²) in [6, 6.07) is 10.4. The van der Waals surface area contributed by atoms with Crippen molar-refractivity contribution in [3.8, 4) is 0 Å². The molecule has 0 bridgehead atoms. The van der Waals surface area contributed by atoms with Crippen LogP contribution in [0.25, 0.3) is 0 Å². The maximum absolute atomic E-state index is 12.4. The molecule has 2 saturated heterocycles. The van der Waals surface area contributed by atoms with E-state index < -0.39 is 5.60 Å². The largest absolute Gasteiger partial charge is 0.445 e. The number of nitrogens with zero attached hydrogens (tertiary/aromatic N) is 3. The Balaban J connectivity index is 1.43. The van der Waals surface area contributed by atoms with E-state index in [2.05, 4.69) is 11.8 Å². The summed E-state index contributed by atoms with van der Waals surface area (Å²) >= 11 is 0. The second kappa shape index (κ2) is 9.69. The Labute approximate surface area is 179 Å². The van der Waals surface area contributed by atoms with Crippen LogP contribution in [0.5, 0.6) is 0 Å². The third-order valence-corrected chi connectivity index (χ3v) is 5.73. The van der Waals surface area contributed by atoms with Gasteiger partial charge in [0.05, 0.1) is 0 Å². The number of hydrogen-bond donors (Lipinski definition) is 0. The highest BCUT2D eigenvalue weighted by Crippen LogP contribution is 2.23. The van der Waals surface area contributed by atoms with Gasteiger partial charge in [0.2, 0.25) is 0 Å². The number of carbonyl (C=O) groups excluding carboxylic acids is 2. The maximum Gasteiger partial charge on any atom is 0.410 e. The standard InChI is InChI=1S/C23H35N3O4/c1-18-16-25(22(28)30-23(2,3)4)14-15-26(18)20-10-12-24(13-11-20)21(27)29-17-19-8-6-5-7-9-19/h5-9,18,20H,10-17H2,1-4H3/t18-/m0/s1. The average Bonchev–Trinajstić information content (AvgIpc) is 2.71. The summed E-state index contributed by atoms with van der Waals surface area (Å²) in [6.45, 7) is 11.8. The quantitative estimate of drug-likeness (QED) is 0.750. The van der Waals surface area contributed by atoms with Gasteiger partial charge in [0.1, 0.15) is 12.2 Å². The van der Waals surface area contributed by atoms with Gasteiger partial charge in [-0.2, -0.15) is 0 Å². The molecule has 2 aliphatic heterocycles. The summed E-state index contributed by atoms with van der Waals surface area (Å²) in [5.41, 5.74) is 0.525. The fraction of sp³-hybridized carbons (Fsp3) is 0.652. The van der Waals surface area contributed by atoms with Gasteiger partial charge in [-0.3, -0.25) is 4.90 Å². The van der Waals surface area contributed by atoms with Gasteiger partial charge in [0.25, 0.3) is 0 Å². The van der Waals surface area contributed by atoms with Crippen molar-refractivity contribution in [1.82, 2.24) is 14.7 Å². The van der Waals surface area contributed by atoms with E-state index >= 15 is 0 Å². The van der Waals surface area contributed by atoms with Gasteiger partial charge < -0.3 is 19.3 Å². The number of piperazine rings is 1. The Morgan fingerprint density at radius 1 is 0.967 bits per heavy atom. The molecule has 0 aromatic heterocycles. The molecule has 2 amide bonds. The molecular weight excluding hydrogens is 382 g/mol. The van der Waals surface area contributed by atoms with E-state index in [-0.39, 0.29) is 18.2 Å². The first-order valence-corrected chi connectivity index (χ1v) is 10.9. The minimum absolute atomic E-state index is 0.231. The number of ether oxygens (including phenoxy) is 2. The lowest BCUT2D eigenvalue weighted by atomic mass is 10.00. The van der Waals surface area contributed by atoms with Crippen molar-refractivity contribution in [3.05, 3.63) is 35.9 Å². The van der Waals surface area contributed by atoms with E-state index in [1.165, 1.54) is 0 Å². The van der Waals surface area contributed by atoms with Crippen LogP contribution in [0.3, 0.4) is 0 Å². The first-order valence-electron chi connectivity index (χ1n) is 10.9. The predicted molar refractivity (Wildman–Crippen MR) is 115 cm³/mol. The topological polar surface area (TPSA) is 62.3 Å². The molecule has 1 atom stereocenters. The first kappa shape index (κ1) is 22.4. The van der Waals surface area contributed by atoms with Crippen LogP contribution in [0.2, 0.25) is 0 Å². The van der Waals surface area contributed by atoms with Gasteiger partial charge in [-0.05, 0) is 46.1 Å². The molecule has 0 unspecified atom stereocenters. The van der Waals surface area contributed by atoms with E-state index in [1.807, 2.05) is 56.0 Å². The summed E-state index contributed by atoms with van der Waals surface area (Å²) < 4.78 is 11.0. The van der Waals surface area contributed by atoms with Crippen molar-refractivity contribution in [1.29, 1.82) is 0 Å². The maximum atomic E-state index is 12.4. The molecule has 0 saturated carbocycles. The highest BCUT2D eigenvalue weighted by molar-refractivity contribution is 5.68. The number of carbonyl (C=O) groups is 2. The molecule has 0 radical (unpaired) electrons. The number of rotatable bonds is 3. The molecule has 30 heavy (non-hydrogen) atoms. The van der Waals surface area contributed by atoms with Crippen molar-refractivity contribution < 1.29 is 19.1 Å². The zero-order valence-electron chi connectivity index (χ0n) is 18.7. The fourth-order valence-corrected chi connectivity index (χ4v) is 4.20. The second-order valence-electron chi connectivity index (χ2n) is 9.27. The molecule has 2 aliphatic rings. The number of likely N-dealkylation sites (tertiary alicyclic amines) is 1. The number of amides is 2. The van der Waals surface area contributed by atoms with Crippen LogP contribution in [0.15, 0.2) is 30.3 Å². The van der Waals surface area contributed by atoms with Crippen LogP contribution in [0.1, 0.15) is 46.1 Å². The summed E-state index contributed by atoms with van der Waals surface area (Å²) in [4.78, 5) is 30.8. The van der Waals surface area contributed by atoms with Gasteiger partial charge in [0.15, 0.2) is 0 Å². The van der Waals surface area contributed by atoms with Crippen molar-refractivity contribution in [2.75, 3.05) is 32.7 Å². The molecule has 166 valence electrons. The summed E-state index contributed by atoms with van der Waals surface area (Å²) in [7, 11) is 0. The lowest BCUT2D eigenvalue weighted by molar-refractivity contribution is -0.00993. The lowest BCUT2D eigenvalue weighted by Crippen LogP contribution is -2.59. The zero-order chi connectivity index (χ0) is 21.7. The van der Waals surface area contributed by atoms with Gasteiger partial charge in [-0.15, -0.1) is 0 Å². The Bertz CT molecular complexity index is 711. The predicted octanol–water partition coefficient (Wildman–Crippen LogP) is 3.73. The summed E-state index contributed by atoms with van der Waals surface area (Å²) in [5, 5.41) is 0. The normalized spacial score (nSPS) is 21.4. The molecule has 1 aromatic carbocycles. The number of piperidine rings is 1. The van der Waals surface area contributed by atoms with Crippen molar-refractivity contribution in [3.63, 3.8) is 0 Å². The summed E-state index contributed by atoms with van der Waals surface area (Å²) in [5.74, 6) is 0. The van der Waals surface area contributed by atoms with Crippen LogP contribution in [-0.4, -0.2) is 77.3 Å². The van der Waals surface area contributed by atoms with Crippen LogP contribution >= 0.6 is 0 Å². The molecule has 0 spiro atoms. The molecule has 2 fully saturated rings. The minimum Gasteiger partial charge on any atom is -0.445 e. The van der Waals surface area contributed by atoms with E-state index in [9.17, 15) is 9.59 Å². The van der Waals surface area contributed by atoms with Crippen molar-refractivity contribution in [2.24, 2.45) is 0 Å². The smallest absolute Gasteiger partial charge is 0.410 e. The van der Waals surface area contributed by atoms with Crippen LogP contribution in [0.4, 0.5) is 9.59 Å². The highest BCUT2D eigenvalue weighted by atomic mass is 16.6. The molecular formula is C23H35N3O4. The van der Waals surface area contributed by atoms with Crippen LogP contribution in [-0.2, 0) is 16.1 Å². The molecule has 7 heteroatoms. The van der Waals surface area contributed by atoms with E-state index in [1.54, 1.807) is 4.90 Å². The Kier molecular flexibility index (Phi) is 7.23. The number of benzene rings is 1. The highest BCUT2D eigenvalue weighted by Gasteiger charge is 2.35. The molecule has 0 N–H and O–H groups in total. The molecule has 3 rings (SSSR count). The fourth-order valence-electron chi connectivity index (χ4n) is 4.20. The van der Waals surface area contributed by atoms with Gasteiger partial charge in [-0.1, -0.05) is 30.3 Å².